The van der Waals surface area contributed by atoms with Gasteiger partial charge in [-0.2, -0.15) is 18.3 Å². The molecule has 0 bridgehead atoms. The van der Waals surface area contributed by atoms with Crippen molar-refractivity contribution in [2.75, 3.05) is 118 Å². The van der Waals surface area contributed by atoms with Gasteiger partial charge in [-0.15, -0.1) is 0 Å². The summed E-state index contributed by atoms with van der Waals surface area (Å²) < 4.78 is 116. The molecule has 18 rings (SSSR count). The molecule has 1 unspecified atom stereocenters. The lowest BCUT2D eigenvalue weighted by Crippen LogP contribution is -2.56. The first-order valence-corrected chi connectivity index (χ1v) is 51.8. The maximum absolute atomic E-state index is 12.7. The van der Waals surface area contributed by atoms with Gasteiger partial charge >= 0.3 is 6.18 Å². The number of hydrogen-bond acceptors (Lipinski definition) is 27. The van der Waals surface area contributed by atoms with Crippen molar-refractivity contribution in [1.29, 1.82) is 0 Å². The van der Waals surface area contributed by atoms with E-state index in [0.29, 0.717) is 113 Å². The molecule has 0 spiro atoms. The van der Waals surface area contributed by atoms with Crippen molar-refractivity contribution in [2.24, 2.45) is 7.05 Å². The predicted molar refractivity (Wildman–Crippen MR) is 554 cm³/mol. The molecule has 788 valence electrons. The van der Waals surface area contributed by atoms with Gasteiger partial charge in [-0.3, -0.25) is 34.4 Å². The second-order valence-corrected chi connectivity index (χ2v) is 41.2. The van der Waals surface area contributed by atoms with E-state index in [1.807, 2.05) is 81.7 Å². The minimum Gasteiger partial charge on any atom is -0.489 e. The molecule has 0 saturated carbocycles. The van der Waals surface area contributed by atoms with Gasteiger partial charge < -0.3 is 57.3 Å². The maximum Gasteiger partial charge on any atom is 0.417 e. The molecule has 35 heteroatoms. The molecular formula is C108H158Cl2F5N19O9. The van der Waals surface area contributed by atoms with Crippen LogP contribution >= 0.6 is 23.2 Å². The van der Waals surface area contributed by atoms with Crippen molar-refractivity contribution in [3.8, 4) is 52.8 Å². The smallest absolute Gasteiger partial charge is 0.417 e. The molecule has 0 N–H and O–H groups in total. The SMILES string of the molecule is CC(C)N1CC(Oc2ccc(Cl)cn2)C1.CC(C)N1CC(Oc2ccc(F)cn2)C1.CC(C)N1CC(Oc2ccnn2C)C1.CC(C)N1CCC(Oc2ccc(C(F)(F)F)cn2)CC1.CC(C)N1CCC(Oc2ccc(F)cn2)CC1.CC(C)N1CCC(Oc2ccccn2)C1.CC(C)N1CCC(Oc2cncc(Cl)c2)CC1.Cc1ccc(OC2CN(C(C)C)C2)nc1.Cc1cccnc1OC1CN(C(C)C)C1. The molecule has 9 aliphatic heterocycles. The van der Waals surface area contributed by atoms with Gasteiger partial charge in [0.2, 0.25) is 47.0 Å². The van der Waals surface area contributed by atoms with E-state index in [9.17, 15) is 22.0 Å². The van der Waals surface area contributed by atoms with E-state index in [0.717, 1.165) is 210 Å². The minimum absolute atomic E-state index is 0.0363. The Hall–Kier alpha value is -9.52. The third-order valence-corrected chi connectivity index (χ3v) is 26.7. The highest BCUT2D eigenvalue weighted by Crippen LogP contribution is 2.32. The number of halogens is 7. The van der Waals surface area contributed by atoms with Crippen molar-refractivity contribution in [2.45, 2.75) is 299 Å². The zero-order chi connectivity index (χ0) is 103. The van der Waals surface area contributed by atoms with Gasteiger partial charge in [-0.1, -0.05) is 41.4 Å². The quantitative estimate of drug-likeness (QED) is 0.0435. The van der Waals surface area contributed by atoms with E-state index in [1.54, 1.807) is 66.1 Å². The molecular weight excluding hydrogens is 1870 g/mol. The zero-order valence-corrected chi connectivity index (χ0v) is 89.5. The molecule has 143 heavy (non-hydrogen) atoms. The fourth-order valence-electron chi connectivity index (χ4n) is 16.6. The summed E-state index contributed by atoms with van der Waals surface area (Å²) in [7, 11) is 1.90. The number of rotatable bonds is 27. The number of likely N-dealkylation sites (tertiary alicyclic amines) is 9. The van der Waals surface area contributed by atoms with Gasteiger partial charge in [0.15, 0.2) is 0 Å². The minimum atomic E-state index is -4.35. The largest absolute Gasteiger partial charge is 0.489 e. The van der Waals surface area contributed by atoms with E-state index >= 15 is 0 Å². The third kappa shape index (κ3) is 40.3. The van der Waals surface area contributed by atoms with Crippen LogP contribution in [0.5, 0.6) is 52.8 Å². The van der Waals surface area contributed by atoms with E-state index < -0.39 is 11.7 Å². The number of nitrogens with zero attached hydrogens (tertiary/aromatic N) is 19. The fraction of sp³-hybridized carbons (Fsp3) is 0.602. The second kappa shape index (κ2) is 58.1. The molecule has 9 saturated heterocycles. The van der Waals surface area contributed by atoms with Crippen LogP contribution in [0.3, 0.4) is 0 Å². The summed E-state index contributed by atoms with van der Waals surface area (Å²) in [5.41, 5.74) is 1.53. The molecule has 0 aliphatic carbocycles. The molecule has 9 fully saturated rings. The van der Waals surface area contributed by atoms with Crippen LogP contribution in [0.25, 0.3) is 0 Å². The Labute approximate surface area is 856 Å². The summed E-state index contributed by atoms with van der Waals surface area (Å²) in [5.74, 6) is 5.20. The predicted octanol–water partition coefficient (Wildman–Crippen LogP) is 19.3. The molecule has 0 radical (unpaired) electrons. The third-order valence-electron chi connectivity index (χ3n) is 26.3. The first kappa shape index (κ1) is 115. The first-order valence-electron chi connectivity index (χ1n) is 51.1. The molecule has 9 aliphatic rings. The zero-order valence-electron chi connectivity index (χ0n) is 88.0. The number of alkyl halides is 3. The second-order valence-electron chi connectivity index (χ2n) is 40.3. The lowest BCUT2D eigenvalue weighted by Gasteiger charge is -2.41. The van der Waals surface area contributed by atoms with Gasteiger partial charge in [-0.05, 0) is 225 Å². The Balaban J connectivity index is 0.000000166. The van der Waals surface area contributed by atoms with Gasteiger partial charge in [0.1, 0.15) is 72.3 Å². The van der Waals surface area contributed by atoms with Gasteiger partial charge in [0.05, 0.1) is 40.4 Å². The highest BCUT2D eigenvalue weighted by atomic mass is 35.5. The topological polar surface area (TPSA) is 233 Å². The number of aromatic nitrogens is 10. The Morgan fingerprint density at radius 3 is 1.01 bits per heavy atom. The molecule has 0 aromatic carbocycles. The monoisotopic (exact) mass is 2030 g/mol. The Morgan fingerprint density at radius 1 is 0.308 bits per heavy atom. The Kier molecular flexibility index (Phi) is 46.9. The summed E-state index contributed by atoms with van der Waals surface area (Å²) in [6.07, 6.45) is 20.3. The van der Waals surface area contributed by atoms with Crippen LogP contribution < -0.4 is 42.6 Å². The van der Waals surface area contributed by atoms with Crippen molar-refractivity contribution in [3.63, 3.8) is 0 Å². The van der Waals surface area contributed by atoms with E-state index in [2.05, 4.69) is 214 Å². The summed E-state index contributed by atoms with van der Waals surface area (Å²) in [5, 5.41) is 5.33. The summed E-state index contributed by atoms with van der Waals surface area (Å²) in [6, 6.07) is 34.6. The van der Waals surface area contributed by atoms with Gasteiger partial charge in [0, 0.05) is 271 Å². The van der Waals surface area contributed by atoms with E-state index in [1.165, 1.54) is 36.2 Å². The average molecular weight is 2030 g/mol. The maximum atomic E-state index is 12.7. The Morgan fingerprint density at radius 2 is 0.664 bits per heavy atom. The van der Waals surface area contributed by atoms with Crippen LogP contribution in [0.1, 0.15) is 186 Å². The number of hydrogen-bond donors (Lipinski definition) is 0. The van der Waals surface area contributed by atoms with Crippen LogP contribution in [0.2, 0.25) is 10.0 Å². The molecule has 28 nitrogen and oxygen atoms in total. The van der Waals surface area contributed by atoms with Crippen LogP contribution in [0.4, 0.5) is 22.0 Å². The number of aryl methyl sites for hydroxylation is 3. The van der Waals surface area contributed by atoms with Crippen molar-refractivity contribution in [3.05, 3.63) is 203 Å². The molecule has 0 amide bonds. The van der Waals surface area contributed by atoms with E-state index in [-0.39, 0.29) is 41.9 Å². The summed E-state index contributed by atoms with van der Waals surface area (Å²) >= 11 is 11.6. The van der Waals surface area contributed by atoms with Crippen molar-refractivity contribution in [1.82, 2.24) is 93.8 Å². The number of piperidine rings is 3. The van der Waals surface area contributed by atoms with Crippen molar-refractivity contribution < 1.29 is 64.6 Å². The lowest BCUT2D eigenvalue weighted by molar-refractivity contribution is -0.137. The number of ether oxygens (including phenoxy) is 9. The lowest BCUT2D eigenvalue weighted by atomic mass is 10.1. The standard InChI is InChI=1S/C14H19F3N2O.C13H19ClN2O.C13H19FN2O.3C12H18N2O.C11H15ClN2O.C11H15FN2O.C10H17N3O/c1-10(2)19-7-5-12(6-8-19)20-13-4-3-11(9-18-13)14(15,16)17;1-10(2)16-5-3-12(4-6-16)17-13-7-11(14)8-15-9-13;1-10(2)16-7-5-12(6-8-16)17-13-4-3-11(14)9-15-13;1-9(2)14-7-11(8-14)15-12-5-4-10(3)6-13-12;1-9(2)14-7-11(8-14)15-12-10(3)5-4-6-13-12;1-10(2)14-8-6-11(9-14)15-12-5-3-4-7-13-12;2*1-8(2)14-6-10(7-14)15-11-4-3-9(12)5-13-11;1-8(2)13-6-9(7-13)14-10-4-5-11-12(10)3/h3-4,9-10,12H,5-8H2,1-2H3;7-10,12H,3-6H2,1-2H3;3-4,9-10,12H,5-8H2,1-2H3;2*4-6,9,11H,7-8H2,1-3H3;3-5,7,10-11H,6,8-9H2,1-2H3;2*3-5,8,10H,6-7H2,1-2H3;4-5,8-9H,6-7H2,1-3H3. The summed E-state index contributed by atoms with van der Waals surface area (Å²) in [6.45, 7) is 62.0. The van der Waals surface area contributed by atoms with E-state index in [4.69, 9.17) is 65.8 Å². The molecule has 9 aromatic rings. The van der Waals surface area contributed by atoms with Crippen LogP contribution in [0.15, 0.2) is 165 Å². The normalized spacial score (nSPS) is 18.7. The Bertz CT molecular complexity index is 4840. The van der Waals surface area contributed by atoms with Crippen LogP contribution in [-0.2, 0) is 13.2 Å². The number of pyridine rings is 8. The van der Waals surface area contributed by atoms with Crippen LogP contribution in [-0.4, -0.2) is 321 Å². The van der Waals surface area contributed by atoms with Crippen molar-refractivity contribution >= 4 is 23.2 Å². The first-order chi connectivity index (χ1) is 68.2. The fourth-order valence-corrected chi connectivity index (χ4v) is 16.9. The molecule has 9 aromatic heterocycles. The molecule has 1 atom stereocenters. The highest BCUT2D eigenvalue weighted by molar-refractivity contribution is 6.30. The average Bonchev–Trinajstić information content (AvgIpc) is 1.70. The molecule has 18 heterocycles. The summed E-state index contributed by atoms with van der Waals surface area (Å²) in [4.78, 5) is 53.8. The highest BCUT2D eigenvalue weighted by Gasteiger charge is 2.37. The van der Waals surface area contributed by atoms with Crippen LogP contribution in [0, 0.1) is 25.5 Å². The van der Waals surface area contributed by atoms with Gasteiger partial charge in [0.25, 0.3) is 0 Å². The van der Waals surface area contributed by atoms with Gasteiger partial charge in [-0.25, -0.2) is 48.4 Å².